The molecule has 3 aromatic carbocycles. The summed E-state index contributed by atoms with van der Waals surface area (Å²) in [4.78, 5) is 25.0. The third-order valence-electron chi connectivity index (χ3n) is 4.46. The third-order valence-corrected chi connectivity index (χ3v) is 4.75. The van der Waals surface area contributed by atoms with Crippen LogP contribution in [0.5, 0.6) is 5.75 Å². The van der Waals surface area contributed by atoms with Crippen LogP contribution in [0.2, 0.25) is 5.02 Å². The van der Waals surface area contributed by atoms with Gasteiger partial charge in [0.15, 0.2) is 5.58 Å². The summed E-state index contributed by atoms with van der Waals surface area (Å²) in [5, 5.41) is 4.05. The van der Waals surface area contributed by atoms with E-state index in [-0.39, 0.29) is 17.8 Å². The van der Waals surface area contributed by atoms with Gasteiger partial charge in [0.2, 0.25) is 11.3 Å². The Balaban J connectivity index is 1.62. The van der Waals surface area contributed by atoms with Crippen molar-refractivity contribution in [3.8, 4) is 5.75 Å². The average Bonchev–Trinajstić information content (AvgIpc) is 2.69. The van der Waals surface area contributed by atoms with Crippen LogP contribution < -0.4 is 15.5 Å². The number of methoxy groups -OCH3 is 1. The zero-order valence-electron chi connectivity index (χ0n) is 15.0. The van der Waals surface area contributed by atoms with E-state index in [1.165, 1.54) is 0 Å². The van der Waals surface area contributed by atoms with Gasteiger partial charge in [0.25, 0.3) is 0 Å². The molecule has 0 aliphatic rings. The molecule has 28 heavy (non-hydrogen) atoms. The van der Waals surface area contributed by atoms with Gasteiger partial charge in [0.05, 0.1) is 29.3 Å². The van der Waals surface area contributed by atoms with Gasteiger partial charge in [-0.25, -0.2) is 0 Å². The van der Waals surface area contributed by atoms with Gasteiger partial charge in [-0.1, -0.05) is 29.8 Å². The van der Waals surface area contributed by atoms with E-state index < -0.39 is 0 Å². The molecule has 0 atom stereocenters. The van der Waals surface area contributed by atoms with Gasteiger partial charge < -0.3 is 14.5 Å². The number of carbonyl (C=O) groups is 1. The Morgan fingerprint density at radius 3 is 2.61 bits per heavy atom. The maximum atomic E-state index is 12.7. The fraction of sp³-hybridized carbons (Fsp3) is 0.0909. The molecule has 1 aromatic heterocycles. The number of halogens is 1. The van der Waals surface area contributed by atoms with Crippen LogP contribution in [0.3, 0.4) is 0 Å². The quantitative estimate of drug-likeness (QED) is 0.506. The summed E-state index contributed by atoms with van der Waals surface area (Å²) in [5.41, 5.74) is 1.95. The number of para-hydroxylation sites is 1. The molecule has 0 saturated heterocycles. The smallest absolute Gasteiger partial charge is 0.228 e. The van der Waals surface area contributed by atoms with Crippen molar-refractivity contribution in [3.63, 3.8) is 0 Å². The van der Waals surface area contributed by atoms with Crippen LogP contribution >= 0.6 is 11.6 Å². The molecule has 0 unspecified atom stereocenters. The van der Waals surface area contributed by atoms with E-state index in [9.17, 15) is 9.59 Å². The highest BCUT2D eigenvalue weighted by Crippen LogP contribution is 2.26. The fourth-order valence-electron chi connectivity index (χ4n) is 3.05. The summed E-state index contributed by atoms with van der Waals surface area (Å²) >= 11 is 6.15. The topological polar surface area (TPSA) is 68.5 Å². The van der Waals surface area contributed by atoms with E-state index >= 15 is 0 Å². The van der Waals surface area contributed by atoms with Crippen molar-refractivity contribution in [3.05, 3.63) is 81.5 Å². The second-order valence-electron chi connectivity index (χ2n) is 6.33. The number of amides is 1. The largest absolute Gasteiger partial charge is 0.497 e. The molecule has 1 amide bonds. The summed E-state index contributed by atoms with van der Waals surface area (Å²) in [7, 11) is 1.59. The molecule has 6 heteroatoms. The Kier molecular flexibility index (Phi) is 4.75. The third kappa shape index (κ3) is 3.44. The summed E-state index contributed by atoms with van der Waals surface area (Å²) < 4.78 is 10.9. The molecular formula is C22H16ClNO4. The molecule has 0 radical (unpaired) electrons. The molecule has 140 valence electrons. The summed E-state index contributed by atoms with van der Waals surface area (Å²) in [6.45, 7) is 0. The predicted molar refractivity (Wildman–Crippen MR) is 110 cm³/mol. The molecule has 0 spiro atoms. The Morgan fingerprint density at radius 2 is 1.86 bits per heavy atom. The van der Waals surface area contributed by atoms with Crippen molar-refractivity contribution in [2.45, 2.75) is 6.42 Å². The highest BCUT2D eigenvalue weighted by molar-refractivity contribution is 6.34. The first-order chi connectivity index (χ1) is 13.5. The second-order valence-corrected chi connectivity index (χ2v) is 6.74. The van der Waals surface area contributed by atoms with E-state index in [2.05, 4.69) is 5.32 Å². The van der Waals surface area contributed by atoms with Gasteiger partial charge in [-0.3, -0.25) is 9.59 Å². The number of hydrogen-bond acceptors (Lipinski definition) is 4. The van der Waals surface area contributed by atoms with Crippen molar-refractivity contribution in [1.29, 1.82) is 0 Å². The lowest BCUT2D eigenvalue weighted by Crippen LogP contribution is -2.14. The fourth-order valence-corrected chi connectivity index (χ4v) is 3.27. The number of benzene rings is 3. The maximum absolute atomic E-state index is 12.7. The van der Waals surface area contributed by atoms with Crippen LogP contribution in [0, 0.1) is 0 Å². The standard InChI is InChI=1S/C22H16ClNO4/c1-27-15-8-5-13(6-9-15)11-20(25)24-14-7-10-16-19(12-14)28-22-17(21(16)26)3-2-4-18(22)23/h2-10,12H,11H2,1H3,(H,24,25). The normalized spacial score (nSPS) is 10.9. The molecule has 0 saturated carbocycles. The Morgan fingerprint density at radius 1 is 1.07 bits per heavy atom. The van der Waals surface area contributed by atoms with Crippen LogP contribution in [-0.2, 0) is 11.2 Å². The number of anilines is 1. The molecule has 0 fully saturated rings. The number of hydrogen-bond donors (Lipinski definition) is 1. The first-order valence-electron chi connectivity index (χ1n) is 8.63. The number of fused-ring (bicyclic) bond motifs is 2. The van der Waals surface area contributed by atoms with E-state index in [1.807, 2.05) is 24.3 Å². The van der Waals surface area contributed by atoms with E-state index in [1.54, 1.807) is 43.5 Å². The van der Waals surface area contributed by atoms with Crippen LogP contribution in [-0.4, -0.2) is 13.0 Å². The molecule has 1 heterocycles. The van der Waals surface area contributed by atoms with Gasteiger partial charge in [-0.15, -0.1) is 0 Å². The number of nitrogens with one attached hydrogen (secondary N) is 1. The second kappa shape index (κ2) is 7.37. The van der Waals surface area contributed by atoms with Crippen LogP contribution in [0.1, 0.15) is 5.56 Å². The zero-order chi connectivity index (χ0) is 19.7. The van der Waals surface area contributed by atoms with Gasteiger partial charge in [-0.2, -0.15) is 0 Å². The molecule has 4 rings (SSSR count). The summed E-state index contributed by atoms with van der Waals surface area (Å²) in [5.74, 6) is 0.560. The minimum atomic E-state index is -0.175. The molecular weight excluding hydrogens is 378 g/mol. The number of ether oxygens (including phenoxy) is 1. The lowest BCUT2D eigenvalue weighted by molar-refractivity contribution is -0.115. The molecule has 0 bridgehead atoms. The van der Waals surface area contributed by atoms with E-state index in [0.29, 0.717) is 32.6 Å². The first kappa shape index (κ1) is 18.1. The maximum Gasteiger partial charge on any atom is 0.228 e. The molecule has 0 aliphatic heterocycles. The number of rotatable bonds is 4. The summed E-state index contributed by atoms with van der Waals surface area (Å²) in [6, 6.07) is 17.3. The van der Waals surface area contributed by atoms with E-state index in [0.717, 1.165) is 11.3 Å². The first-order valence-corrected chi connectivity index (χ1v) is 9.01. The molecule has 4 aromatic rings. The molecule has 0 aliphatic carbocycles. The molecule has 5 nitrogen and oxygen atoms in total. The lowest BCUT2D eigenvalue weighted by atomic mass is 10.1. The monoisotopic (exact) mass is 393 g/mol. The van der Waals surface area contributed by atoms with Crippen LogP contribution in [0.15, 0.2) is 69.9 Å². The van der Waals surface area contributed by atoms with Crippen molar-refractivity contribution in [1.82, 2.24) is 0 Å². The van der Waals surface area contributed by atoms with Crippen LogP contribution in [0.25, 0.3) is 21.9 Å². The zero-order valence-corrected chi connectivity index (χ0v) is 15.7. The van der Waals surface area contributed by atoms with Crippen molar-refractivity contribution < 1.29 is 13.9 Å². The van der Waals surface area contributed by atoms with Gasteiger partial charge in [0, 0.05) is 11.8 Å². The van der Waals surface area contributed by atoms with Crippen molar-refractivity contribution >= 4 is 45.1 Å². The Bertz CT molecular complexity index is 1250. The van der Waals surface area contributed by atoms with Gasteiger partial charge in [0.1, 0.15) is 11.3 Å². The number of carbonyl (C=O) groups excluding carboxylic acids is 1. The lowest BCUT2D eigenvalue weighted by Gasteiger charge is -2.08. The Labute approximate surface area is 165 Å². The Hall–Kier alpha value is -3.31. The highest BCUT2D eigenvalue weighted by Gasteiger charge is 2.12. The SMILES string of the molecule is COc1ccc(CC(=O)Nc2ccc3c(=O)c4cccc(Cl)c4oc3c2)cc1. The van der Waals surface area contributed by atoms with Gasteiger partial charge in [-0.05, 0) is 42.0 Å². The average molecular weight is 394 g/mol. The van der Waals surface area contributed by atoms with E-state index in [4.69, 9.17) is 20.8 Å². The van der Waals surface area contributed by atoms with Crippen molar-refractivity contribution in [2.75, 3.05) is 12.4 Å². The van der Waals surface area contributed by atoms with Crippen LogP contribution in [0.4, 0.5) is 5.69 Å². The van der Waals surface area contributed by atoms with Gasteiger partial charge >= 0.3 is 0 Å². The highest BCUT2D eigenvalue weighted by atomic mass is 35.5. The summed E-state index contributed by atoms with van der Waals surface area (Å²) in [6.07, 6.45) is 0.218. The minimum absolute atomic E-state index is 0.158. The minimum Gasteiger partial charge on any atom is -0.497 e. The van der Waals surface area contributed by atoms with Crippen molar-refractivity contribution in [2.24, 2.45) is 0 Å². The molecule has 1 N–H and O–H groups in total. The predicted octanol–water partition coefficient (Wildman–Crippen LogP) is 4.79.